The standard InChI is InChI=1S/C12H15N3/c1-3-13-12-5-4-10(6-9(12)2)11-7-14-15-8-11/h4-8,13H,3H2,1-2H3,(H,14,15). The van der Waals surface area contributed by atoms with Crippen molar-refractivity contribution in [2.75, 3.05) is 11.9 Å². The minimum atomic E-state index is 0.950. The molecule has 0 radical (unpaired) electrons. The summed E-state index contributed by atoms with van der Waals surface area (Å²) in [6.45, 7) is 5.16. The minimum absolute atomic E-state index is 0.950. The van der Waals surface area contributed by atoms with Gasteiger partial charge in [-0.1, -0.05) is 6.07 Å². The van der Waals surface area contributed by atoms with Gasteiger partial charge in [-0.2, -0.15) is 5.10 Å². The van der Waals surface area contributed by atoms with Gasteiger partial charge in [-0.15, -0.1) is 0 Å². The molecule has 0 bridgehead atoms. The second kappa shape index (κ2) is 4.17. The van der Waals surface area contributed by atoms with Gasteiger partial charge < -0.3 is 5.32 Å². The second-order valence-electron chi connectivity index (χ2n) is 3.55. The van der Waals surface area contributed by atoms with Crippen molar-refractivity contribution in [1.82, 2.24) is 10.2 Å². The van der Waals surface area contributed by atoms with Crippen LogP contribution in [0.3, 0.4) is 0 Å². The van der Waals surface area contributed by atoms with Crippen LogP contribution in [0, 0.1) is 6.92 Å². The van der Waals surface area contributed by atoms with Gasteiger partial charge in [0, 0.05) is 24.0 Å². The molecule has 2 rings (SSSR count). The van der Waals surface area contributed by atoms with Gasteiger partial charge in [-0.3, -0.25) is 5.10 Å². The van der Waals surface area contributed by atoms with Gasteiger partial charge in [0.05, 0.1) is 6.20 Å². The first kappa shape index (κ1) is 9.77. The Balaban J connectivity index is 2.33. The predicted molar refractivity (Wildman–Crippen MR) is 62.9 cm³/mol. The Morgan fingerprint density at radius 3 is 2.80 bits per heavy atom. The van der Waals surface area contributed by atoms with E-state index in [1.54, 1.807) is 0 Å². The molecule has 3 nitrogen and oxygen atoms in total. The molecule has 0 amide bonds. The third-order valence-corrected chi connectivity index (χ3v) is 2.43. The average Bonchev–Trinajstić information content (AvgIpc) is 2.74. The zero-order valence-electron chi connectivity index (χ0n) is 9.04. The molecular weight excluding hydrogens is 186 g/mol. The summed E-state index contributed by atoms with van der Waals surface area (Å²) in [6, 6.07) is 6.39. The van der Waals surface area contributed by atoms with E-state index >= 15 is 0 Å². The Morgan fingerprint density at radius 1 is 1.33 bits per heavy atom. The molecule has 0 aliphatic carbocycles. The first-order valence-electron chi connectivity index (χ1n) is 5.15. The monoisotopic (exact) mass is 201 g/mol. The summed E-state index contributed by atoms with van der Waals surface area (Å²) < 4.78 is 0. The van der Waals surface area contributed by atoms with Crippen molar-refractivity contribution in [3.8, 4) is 11.1 Å². The van der Waals surface area contributed by atoms with E-state index in [2.05, 4.69) is 47.6 Å². The van der Waals surface area contributed by atoms with Crippen molar-refractivity contribution in [2.45, 2.75) is 13.8 Å². The lowest BCUT2D eigenvalue weighted by molar-refractivity contribution is 1.09. The Labute approximate surface area is 89.5 Å². The van der Waals surface area contributed by atoms with E-state index in [0.29, 0.717) is 0 Å². The average molecular weight is 201 g/mol. The van der Waals surface area contributed by atoms with Gasteiger partial charge in [0.25, 0.3) is 0 Å². The van der Waals surface area contributed by atoms with Crippen LogP contribution in [0.25, 0.3) is 11.1 Å². The van der Waals surface area contributed by atoms with Crippen LogP contribution in [0.1, 0.15) is 12.5 Å². The molecule has 1 heterocycles. The van der Waals surface area contributed by atoms with E-state index in [-0.39, 0.29) is 0 Å². The van der Waals surface area contributed by atoms with Crippen LogP contribution in [0.5, 0.6) is 0 Å². The van der Waals surface area contributed by atoms with Crippen LogP contribution >= 0.6 is 0 Å². The van der Waals surface area contributed by atoms with Gasteiger partial charge in [-0.25, -0.2) is 0 Å². The van der Waals surface area contributed by atoms with Crippen molar-refractivity contribution in [2.24, 2.45) is 0 Å². The fourth-order valence-electron chi connectivity index (χ4n) is 1.64. The molecule has 1 aromatic carbocycles. The predicted octanol–water partition coefficient (Wildman–Crippen LogP) is 2.82. The fraction of sp³-hybridized carbons (Fsp3) is 0.250. The Morgan fingerprint density at radius 2 is 2.20 bits per heavy atom. The first-order valence-corrected chi connectivity index (χ1v) is 5.15. The van der Waals surface area contributed by atoms with Crippen molar-refractivity contribution < 1.29 is 0 Å². The van der Waals surface area contributed by atoms with Crippen LogP contribution in [0.4, 0.5) is 5.69 Å². The van der Waals surface area contributed by atoms with E-state index in [1.165, 1.54) is 16.8 Å². The van der Waals surface area contributed by atoms with Crippen molar-refractivity contribution in [3.63, 3.8) is 0 Å². The Kier molecular flexibility index (Phi) is 2.72. The fourth-order valence-corrected chi connectivity index (χ4v) is 1.64. The quantitative estimate of drug-likeness (QED) is 0.801. The van der Waals surface area contributed by atoms with Gasteiger partial charge in [0.2, 0.25) is 0 Å². The number of rotatable bonds is 3. The van der Waals surface area contributed by atoms with Crippen LogP contribution in [-0.4, -0.2) is 16.7 Å². The highest BCUT2D eigenvalue weighted by Crippen LogP contribution is 2.23. The van der Waals surface area contributed by atoms with E-state index < -0.39 is 0 Å². The first-order chi connectivity index (χ1) is 7.31. The van der Waals surface area contributed by atoms with Crippen LogP contribution in [0.2, 0.25) is 0 Å². The van der Waals surface area contributed by atoms with Crippen molar-refractivity contribution in [3.05, 3.63) is 36.2 Å². The number of hydrogen-bond donors (Lipinski definition) is 2. The highest BCUT2D eigenvalue weighted by molar-refractivity contribution is 5.67. The van der Waals surface area contributed by atoms with E-state index in [4.69, 9.17) is 0 Å². The van der Waals surface area contributed by atoms with Gasteiger partial charge in [-0.05, 0) is 37.1 Å². The highest BCUT2D eigenvalue weighted by Gasteiger charge is 2.01. The molecule has 2 aromatic rings. The normalized spacial score (nSPS) is 10.3. The van der Waals surface area contributed by atoms with Gasteiger partial charge in [0.1, 0.15) is 0 Å². The van der Waals surface area contributed by atoms with Crippen molar-refractivity contribution in [1.29, 1.82) is 0 Å². The lowest BCUT2D eigenvalue weighted by Gasteiger charge is -2.08. The number of benzene rings is 1. The lowest BCUT2D eigenvalue weighted by atomic mass is 10.1. The molecular formula is C12H15N3. The topological polar surface area (TPSA) is 40.7 Å². The molecule has 0 spiro atoms. The maximum atomic E-state index is 3.95. The molecule has 78 valence electrons. The molecule has 0 fully saturated rings. The van der Waals surface area contributed by atoms with Gasteiger partial charge >= 0.3 is 0 Å². The number of aromatic amines is 1. The third-order valence-electron chi connectivity index (χ3n) is 2.43. The summed E-state index contributed by atoms with van der Waals surface area (Å²) >= 11 is 0. The van der Waals surface area contributed by atoms with Crippen LogP contribution in [-0.2, 0) is 0 Å². The van der Waals surface area contributed by atoms with E-state index in [1.807, 2.05) is 12.4 Å². The summed E-state index contributed by atoms with van der Waals surface area (Å²) in [5.74, 6) is 0. The number of aromatic nitrogens is 2. The summed E-state index contributed by atoms with van der Waals surface area (Å²) in [5, 5.41) is 10.1. The third kappa shape index (κ3) is 2.01. The second-order valence-corrected chi connectivity index (χ2v) is 3.55. The maximum Gasteiger partial charge on any atom is 0.0565 e. The number of aryl methyl sites for hydroxylation is 1. The zero-order chi connectivity index (χ0) is 10.7. The molecule has 2 N–H and O–H groups in total. The maximum absolute atomic E-state index is 3.95. The molecule has 0 atom stereocenters. The number of anilines is 1. The Bertz CT molecular complexity index is 432. The highest BCUT2D eigenvalue weighted by atomic mass is 15.1. The molecule has 0 saturated carbocycles. The molecule has 0 aliphatic heterocycles. The number of H-pyrrole nitrogens is 1. The molecule has 1 aromatic heterocycles. The van der Waals surface area contributed by atoms with E-state index in [9.17, 15) is 0 Å². The summed E-state index contributed by atoms with van der Waals surface area (Å²) in [6.07, 6.45) is 3.74. The molecule has 0 saturated heterocycles. The molecule has 15 heavy (non-hydrogen) atoms. The van der Waals surface area contributed by atoms with Crippen molar-refractivity contribution >= 4 is 5.69 Å². The number of nitrogens with zero attached hydrogens (tertiary/aromatic N) is 1. The smallest absolute Gasteiger partial charge is 0.0565 e. The SMILES string of the molecule is CCNc1ccc(-c2cn[nH]c2)cc1C. The van der Waals surface area contributed by atoms with Crippen LogP contribution < -0.4 is 5.32 Å². The minimum Gasteiger partial charge on any atom is -0.385 e. The largest absolute Gasteiger partial charge is 0.385 e. The number of nitrogens with one attached hydrogen (secondary N) is 2. The lowest BCUT2D eigenvalue weighted by Crippen LogP contribution is -1.98. The van der Waals surface area contributed by atoms with Crippen LogP contribution in [0.15, 0.2) is 30.6 Å². The summed E-state index contributed by atoms with van der Waals surface area (Å²) in [7, 11) is 0. The number of hydrogen-bond acceptors (Lipinski definition) is 2. The molecule has 0 aliphatic rings. The summed E-state index contributed by atoms with van der Waals surface area (Å²) in [4.78, 5) is 0. The summed E-state index contributed by atoms with van der Waals surface area (Å²) in [5.41, 5.74) is 4.78. The molecule has 3 heteroatoms. The Hall–Kier alpha value is -1.77. The zero-order valence-corrected chi connectivity index (χ0v) is 9.04. The van der Waals surface area contributed by atoms with E-state index in [0.717, 1.165) is 12.1 Å². The molecule has 0 unspecified atom stereocenters. The van der Waals surface area contributed by atoms with Gasteiger partial charge in [0.15, 0.2) is 0 Å².